The third-order valence-electron chi connectivity index (χ3n) is 2.47. The smallest absolute Gasteiger partial charge is 0.139 e. The maximum atomic E-state index is 5.41. The molecule has 1 unspecified atom stereocenters. The lowest BCUT2D eigenvalue weighted by molar-refractivity contribution is 0.488. The second-order valence-corrected chi connectivity index (χ2v) is 4.72. The Hall–Kier alpha value is -1.22. The van der Waals surface area contributed by atoms with Gasteiger partial charge < -0.3 is 9.73 Å². The summed E-state index contributed by atoms with van der Waals surface area (Å²) in [5, 5.41) is 3.39. The Balaban J connectivity index is 2.10. The molecule has 0 saturated carbocycles. The average Bonchev–Trinajstić information content (AvgIpc) is 2.68. The summed E-state index contributed by atoms with van der Waals surface area (Å²) in [6, 6.07) is 10.4. The molecule has 3 heteroatoms. The van der Waals surface area contributed by atoms with E-state index in [9.17, 15) is 0 Å². The largest absolute Gasteiger partial charge is 0.466 e. The highest BCUT2D eigenvalue weighted by Crippen LogP contribution is 2.27. The van der Waals surface area contributed by atoms with Crippen molar-refractivity contribution in [1.29, 1.82) is 0 Å². The molecule has 84 valence electrons. The quantitative estimate of drug-likeness (QED) is 0.894. The van der Waals surface area contributed by atoms with Gasteiger partial charge in [-0.15, -0.1) is 0 Å². The lowest BCUT2D eigenvalue weighted by Gasteiger charge is -2.13. The molecule has 0 amide bonds. The fourth-order valence-electron chi connectivity index (χ4n) is 1.58. The van der Waals surface area contributed by atoms with Crippen molar-refractivity contribution in [1.82, 2.24) is 0 Å². The van der Waals surface area contributed by atoms with Crippen molar-refractivity contribution >= 4 is 21.6 Å². The summed E-state index contributed by atoms with van der Waals surface area (Å²) >= 11 is 3.46. The van der Waals surface area contributed by atoms with E-state index >= 15 is 0 Å². The van der Waals surface area contributed by atoms with E-state index in [1.54, 1.807) is 6.26 Å². The van der Waals surface area contributed by atoms with Crippen LogP contribution in [0.5, 0.6) is 0 Å². The summed E-state index contributed by atoms with van der Waals surface area (Å²) in [4.78, 5) is 0. The highest BCUT2D eigenvalue weighted by molar-refractivity contribution is 9.10. The lowest BCUT2D eigenvalue weighted by atomic mass is 10.2. The second-order valence-electron chi connectivity index (χ2n) is 3.86. The van der Waals surface area contributed by atoms with Gasteiger partial charge in [-0.2, -0.15) is 0 Å². The van der Waals surface area contributed by atoms with E-state index in [-0.39, 0.29) is 6.04 Å². The zero-order valence-electron chi connectivity index (χ0n) is 9.33. The van der Waals surface area contributed by atoms with E-state index in [1.165, 1.54) is 5.56 Å². The molecule has 1 aromatic heterocycles. The standard InChI is InChI=1S/C13H14BrNO/c1-9-3-5-11(6-4-9)15-10(2)13-12(14)7-8-16-13/h3-8,10,15H,1-2H3. The molecule has 1 aromatic carbocycles. The summed E-state index contributed by atoms with van der Waals surface area (Å²) in [5.74, 6) is 0.917. The van der Waals surface area contributed by atoms with Gasteiger partial charge in [-0.25, -0.2) is 0 Å². The molecule has 0 saturated heterocycles. The number of anilines is 1. The number of hydrogen-bond acceptors (Lipinski definition) is 2. The van der Waals surface area contributed by atoms with Gasteiger partial charge in [-0.05, 0) is 48.0 Å². The van der Waals surface area contributed by atoms with Gasteiger partial charge in [0.05, 0.1) is 16.8 Å². The van der Waals surface area contributed by atoms with E-state index in [0.29, 0.717) is 0 Å². The van der Waals surface area contributed by atoms with Crippen LogP contribution >= 0.6 is 15.9 Å². The van der Waals surface area contributed by atoms with E-state index in [4.69, 9.17) is 4.42 Å². The first-order chi connectivity index (χ1) is 7.66. The minimum atomic E-state index is 0.145. The maximum Gasteiger partial charge on any atom is 0.139 e. The molecule has 2 aromatic rings. The summed E-state index contributed by atoms with van der Waals surface area (Å²) in [7, 11) is 0. The Morgan fingerprint density at radius 2 is 1.88 bits per heavy atom. The van der Waals surface area contributed by atoms with Gasteiger partial charge >= 0.3 is 0 Å². The molecule has 0 aliphatic rings. The van der Waals surface area contributed by atoms with Crippen LogP contribution in [0.3, 0.4) is 0 Å². The van der Waals surface area contributed by atoms with E-state index in [2.05, 4.69) is 59.4 Å². The van der Waals surface area contributed by atoms with Crippen LogP contribution in [-0.2, 0) is 0 Å². The molecule has 2 rings (SSSR count). The van der Waals surface area contributed by atoms with Gasteiger partial charge in [0.1, 0.15) is 5.76 Å². The number of benzene rings is 1. The highest BCUT2D eigenvalue weighted by Gasteiger charge is 2.12. The van der Waals surface area contributed by atoms with Crippen molar-refractivity contribution in [2.45, 2.75) is 19.9 Å². The van der Waals surface area contributed by atoms with Crippen LogP contribution in [-0.4, -0.2) is 0 Å². The van der Waals surface area contributed by atoms with Crippen molar-refractivity contribution in [3.8, 4) is 0 Å². The average molecular weight is 280 g/mol. The summed E-state index contributed by atoms with van der Waals surface area (Å²) in [5.41, 5.74) is 2.36. The lowest BCUT2D eigenvalue weighted by Crippen LogP contribution is -2.05. The van der Waals surface area contributed by atoms with Crippen LogP contribution in [0.2, 0.25) is 0 Å². The van der Waals surface area contributed by atoms with Crippen LogP contribution in [0.1, 0.15) is 24.3 Å². The predicted molar refractivity (Wildman–Crippen MR) is 69.6 cm³/mol. The number of hydrogen-bond donors (Lipinski definition) is 1. The van der Waals surface area contributed by atoms with Crippen molar-refractivity contribution < 1.29 is 4.42 Å². The van der Waals surface area contributed by atoms with E-state index in [0.717, 1.165) is 15.9 Å². The first-order valence-corrected chi connectivity index (χ1v) is 6.02. The second kappa shape index (κ2) is 4.74. The third kappa shape index (κ3) is 2.47. The highest BCUT2D eigenvalue weighted by atomic mass is 79.9. The van der Waals surface area contributed by atoms with E-state index in [1.807, 2.05) is 6.07 Å². The Morgan fingerprint density at radius 3 is 2.44 bits per heavy atom. The molecule has 16 heavy (non-hydrogen) atoms. The Morgan fingerprint density at radius 1 is 1.19 bits per heavy atom. The Kier molecular flexibility index (Phi) is 3.34. The summed E-state index contributed by atoms with van der Waals surface area (Å²) in [6.45, 7) is 4.15. The number of nitrogens with one attached hydrogen (secondary N) is 1. The first-order valence-electron chi connectivity index (χ1n) is 5.23. The molecule has 0 aliphatic carbocycles. The number of furan rings is 1. The fourth-order valence-corrected chi connectivity index (χ4v) is 2.12. The van der Waals surface area contributed by atoms with Crippen LogP contribution in [0.25, 0.3) is 0 Å². The van der Waals surface area contributed by atoms with Gasteiger partial charge in [0.25, 0.3) is 0 Å². The molecule has 2 nitrogen and oxygen atoms in total. The number of halogens is 1. The number of rotatable bonds is 3. The molecule has 0 aliphatic heterocycles. The fraction of sp³-hybridized carbons (Fsp3) is 0.231. The molecule has 0 spiro atoms. The molecule has 1 N–H and O–H groups in total. The van der Waals surface area contributed by atoms with Crippen molar-refractivity contribution in [3.63, 3.8) is 0 Å². The zero-order chi connectivity index (χ0) is 11.5. The first kappa shape index (κ1) is 11.3. The van der Waals surface area contributed by atoms with Gasteiger partial charge in [-0.3, -0.25) is 0 Å². The van der Waals surface area contributed by atoms with Crippen LogP contribution < -0.4 is 5.32 Å². The normalized spacial score (nSPS) is 12.4. The minimum absolute atomic E-state index is 0.145. The molecular formula is C13H14BrNO. The molecular weight excluding hydrogens is 266 g/mol. The van der Waals surface area contributed by atoms with Gasteiger partial charge in [0, 0.05) is 5.69 Å². The predicted octanol–water partition coefficient (Wildman–Crippen LogP) is 4.52. The van der Waals surface area contributed by atoms with Crippen LogP contribution in [0, 0.1) is 6.92 Å². The monoisotopic (exact) mass is 279 g/mol. The molecule has 1 heterocycles. The maximum absolute atomic E-state index is 5.41. The molecule has 0 fully saturated rings. The van der Waals surface area contributed by atoms with Crippen LogP contribution in [0.15, 0.2) is 45.5 Å². The molecule has 1 atom stereocenters. The van der Waals surface area contributed by atoms with Crippen molar-refractivity contribution in [2.75, 3.05) is 5.32 Å². The summed E-state index contributed by atoms with van der Waals surface area (Å²) in [6.07, 6.45) is 1.69. The van der Waals surface area contributed by atoms with Crippen molar-refractivity contribution in [2.24, 2.45) is 0 Å². The van der Waals surface area contributed by atoms with E-state index < -0.39 is 0 Å². The van der Waals surface area contributed by atoms with Gasteiger partial charge in [0.2, 0.25) is 0 Å². The zero-order valence-corrected chi connectivity index (χ0v) is 10.9. The Labute approximate surface area is 104 Å². The topological polar surface area (TPSA) is 25.2 Å². The van der Waals surface area contributed by atoms with Crippen molar-refractivity contribution in [3.05, 3.63) is 52.4 Å². The van der Waals surface area contributed by atoms with Crippen LogP contribution in [0.4, 0.5) is 5.69 Å². The SMILES string of the molecule is Cc1ccc(NC(C)c2occc2Br)cc1. The van der Waals surface area contributed by atoms with Gasteiger partial charge in [-0.1, -0.05) is 17.7 Å². The molecule has 0 radical (unpaired) electrons. The number of aryl methyl sites for hydroxylation is 1. The Bertz CT molecular complexity index is 461. The molecule has 0 bridgehead atoms. The third-order valence-corrected chi connectivity index (χ3v) is 3.13. The summed E-state index contributed by atoms with van der Waals surface area (Å²) < 4.78 is 6.41. The minimum Gasteiger partial charge on any atom is -0.466 e. The van der Waals surface area contributed by atoms with Gasteiger partial charge in [0.15, 0.2) is 0 Å².